The maximum Gasteiger partial charge on any atom is 0.0572 e. The van der Waals surface area contributed by atoms with Gasteiger partial charge in [-0.2, -0.15) is 0 Å². The molecule has 100 valence electrons. The molecule has 2 N–H and O–H groups in total. The van der Waals surface area contributed by atoms with Crippen LogP contribution in [0.15, 0.2) is 18.3 Å². The number of hydrogen-bond acceptors (Lipinski definition) is 3. The summed E-state index contributed by atoms with van der Waals surface area (Å²) in [6, 6.07) is 4.30. The summed E-state index contributed by atoms with van der Waals surface area (Å²) in [5, 5.41) is 0. The Kier molecular flexibility index (Phi) is 3.91. The van der Waals surface area contributed by atoms with E-state index in [9.17, 15) is 0 Å². The van der Waals surface area contributed by atoms with Crippen LogP contribution >= 0.6 is 0 Å². The van der Waals surface area contributed by atoms with Crippen LogP contribution in [0.1, 0.15) is 51.8 Å². The van der Waals surface area contributed by atoms with Gasteiger partial charge in [0.1, 0.15) is 0 Å². The van der Waals surface area contributed by atoms with Crippen molar-refractivity contribution in [2.24, 2.45) is 11.1 Å². The van der Waals surface area contributed by atoms with Gasteiger partial charge in [0.2, 0.25) is 0 Å². The van der Waals surface area contributed by atoms with E-state index in [0.717, 1.165) is 25.2 Å². The largest absolute Gasteiger partial charge is 0.370 e. The quantitative estimate of drug-likeness (QED) is 0.892. The molecular weight excluding hydrogens is 222 g/mol. The van der Waals surface area contributed by atoms with Crippen LogP contribution in [0.4, 0.5) is 5.69 Å². The lowest BCUT2D eigenvalue weighted by Crippen LogP contribution is -2.37. The van der Waals surface area contributed by atoms with Gasteiger partial charge < -0.3 is 10.6 Å². The average Bonchev–Trinajstić information content (AvgIpc) is 2.38. The summed E-state index contributed by atoms with van der Waals surface area (Å²) in [5.74, 6) is 0. The monoisotopic (exact) mass is 247 g/mol. The third-order valence-electron chi connectivity index (χ3n) is 4.07. The van der Waals surface area contributed by atoms with Crippen molar-refractivity contribution in [3.8, 4) is 0 Å². The maximum atomic E-state index is 5.98. The van der Waals surface area contributed by atoms with Gasteiger partial charge >= 0.3 is 0 Å². The lowest BCUT2D eigenvalue weighted by Gasteiger charge is -2.38. The first-order valence-corrected chi connectivity index (χ1v) is 6.98. The summed E-state index contributed by atoms with van der Waals surface area (Å²) in [5.41, 5.74) is 8.71. The highest BCUT2D eigenvalue weighted by atomic mass is 15.1. The normalized spacial score (nSPS) is 20.8. The molecule has 3 heteroatoms. The lowest BCUT2D eigenvalue weighted by atomic mass is 9.82. The van der Waals surface area contributed by atoms with E-state index >= 15 is 0 Å². The zero-order chi connectivity index (χ0) is 13.2. The number of rotatable bonds is 3. The summed E-state index contributed by atoms with van der Waals surface area (Å²) in [6.45, 7) is 9.06. The van der Waals surface area contributed by atoms with Crippen molar-refractivity contribution in [1.82, 2.24) is 4.98 Å². The predicted octanol–water partition coefficient (Wildman–Crippen LogP) is 3.12. The van der Waals surface area contributed by atoms with E-state index in [0.29, 0.717) is 5.41 Å². The summed E-state index contributed by atoms with van der Waals surface area (Å²) < 4.78 is 0. The summed E-state index contributed by atoms with van der Waals surface area (Å²) in [4.78, 5) is 6.92. The van der Waals surface area contributed by atoms with Crippen LogP contribution in [0.3, 0.4) is 0 Å². The van der Waals surface area contributed by atoms with Crippen molar-refractivity contribution >= 4 is 5.69 Å². The SMILES string of the molecule is CCC(N)c1ccc(N2CCC(C)(C)CC2)cn1. The fourth-order valence-corrected chi connectivity index (χ4v) is 2.38. The van der Waals surface area contributed by atoms with E-state index in [1.165, 1.54) is 18.5 Å². The van der Waals surface area contributed by atoms with Gasteiger partial charge in [-0.3, -0.25) is 4.98 Å². The van der Waals surface area contributed by atoms with Crippen LogP contribution < -0.4 is 10.6 Å². The molecule has 0 bridgehead atoms. The van der Waals surface area contributed by atoms with Crippen molar-refractivity contribution < 1.29 is 0 Å². The first kappa shape index (κ1) is 13.3. The molecule has 0 saturated carbocycles. The molecule has 0 aliphatic carbocycles. The molecule has 2 heterocycles. The average molecular weight is 247 g/mol. The number of anilines is 1. The van der Waals surface area contributed by atoms with Crippen molar-refractivity contribution in [2.45, 2.75) is 46.1 Å². The molecule has 3 nitrogen and oxygen atoms in total. The molecule has 1 aliphatic heterocycles. The molecule has 1 fully saturated rings. The Morgan fingerprint density at radius 2 is 2.00 bits per heavy atom. The topological polar surface area (TPSA) is 42.1 Å². The summed E-state index contributed by atoms with van der Waals surface area (Å²) >= 11 is 0. The van der Waals surface area contributed by atoms with E-state index in [-0.39, 0.29) is 6.04 Å². The second kappa shape index (κ2) is 5.27. The third kappa shape index (κ3) is 3.02. The van der Waals surface area contributed by atoms with Gasteiger partial charge in [0, 0.05) is 19.1 Å². The van der Waals surface area contributed by atoms with Gasteiger partial charge in [0.15, 0.2) is 0 Å². The van der Waals surface area contributed by atoms with Crippen LogP contribution in [0.2, 0.25) is 0 Å². The maximum absolute atomic E-state index is 5.98. The molecule has 1 aliphatic rings. The van der Waals surface area contributed by atoms with Crippen molar-refractivity contribution in [3.63, 3.8) is 0 Å². The van der Waals surface area contributed by atoms with Crippen LogP contribution in [0.25, 0.3) is 0 Å². The Hall–Kier alpha value is -1.09. The molecule has 0 radical (unpaired) electrons. The number of nitrogens with zero attached hydrogens (tertiary/aromatic N) is 2. The highest BCUT2D eigenvalue weighted by Crippen LogP contribution is 2.32. The van der Waals surface area contributed by atoms with Gasteiger partial charge in [-0.05, 0) is 36.8 Å². The second-order valence-corrected chi connectivity index (χ2v) is 6.11. The van der Waals surface area contributed by atoms with Crippen LogP contribution in [-0.4, -0.2) is 18.1 Å². The minimum atomic E-state index is 0.0688. The van der Waals surface area contributed by atoms with E-state index in [1.54, 1.807) is 0 Å². The Labute approximate surface area is 110 Å². The fraction of sp³-hybridized carbons (Fsp3) is 0.667. The number of pyridine rings is 1. The first-order valence-electron chi connectivity index (χ1n) is 6.98. The lowest BCUT2D eigenvalue weighted by molar-refractivity contribution is 0.280. The number of hydrogen-bond donors (Lipinski definition) is 1. The molecule has 1 aromatic heterocycles. The Morgan fingerprint density at radius 1 is 1.33 bits per heavy atom. The standard InChI is InChI=1S/C15H25N3/c1-4-13(16)14-6-5-12(11-17-14)18-9-7-15(2,3)8-10-18/h5-6,11,13H,4,7-10,16H2,1-3H3. The first-order chi connectivity index (χ1) is 8.52. The molecule has 1 aromatic rings. The molecule has 1 saturated heterocycles. The van der Waals surface area contributed by atoms with Crippen LogP contribution in [0.5, 0.6) is 0 Å². The number of aromatic nitrogens is 1. The molecular formula is C15H25N3. The van der Waals surface area contributed by atoms with E-state index in [2.05, 4.69) is 42.8 Å². The Balaban J connectivity index is 2.02. The summed E-state index contributed by atoms with van der Waals surface area (Å²) in [7, 11) is 0. The Morgan fingerprint density at radius 3 is 2.50 bits per heavy atom. The zero-order valence-electron chi connectivity index (χ0n) is 11.8. The third-order valence-corrected chi connectivity index (χ3v) is 4.07. The minimum absolute atomic E-state index is 0.0688. The fourth-order valence-electron chi connectivity index (χ4n) is 2.38. The molecule has 18 heavy (non-hydrogen) atoms. The van der Waals surface area contributed by atoms with E-state index in [4.69, 9.17) is 5.73 Å². The highest BCUT2D eigenvalue weighted by Gasteiger charge is 2.25. The van der Waals surface area contributed by atoms with Crippen LogP contribution in [0, 0.1) is 5.41 Å². The van der Waals surface area contributed by atoms with Crippen LogP contribution in [-0.2, 0) is 0 Å². The number of piperidine rings is 1. The zero-order valence-corrected chi connectivity index (χ0v) is 11.8. The van der Waals surface area contributed by atoms with E-state index in [1.807, 2.05) is 6.20 Å². The van der Waals surface area contributed by atoms with Crippen molar-refractivity contribution in [2.75, 3.05) is 18.0 Å². The van der Waals surface area contributed by atoms with Gasteiger partial charge in [-0.1, -0.05) is 20.8 Å². The van der Waals surface area contributed by atoms with Crippen molar-refractivity contribution in [1.29, 1.82) is 0 Å². The molecule has 2 rings (SSSR count). The predicted molar refractivity (Wildman–Crippen MR) is 76.7 cm³/mol. The molecule has 0 aromatic carbocycles. The van der Waals surface area contributed by atoms with Gasteiger partial charge in [0.25, 0.3) is 0 Å². The molecule has 0 amide bonds. The minimum Gasteiger partial charge on any atom is -0.370 e. The van der Waals surface area contributed by atoms with Gasteiger partial charge in [0.05, 0.1) is 17.6 Å². The van der Waals surface area contributed by atoms with Gasteiger partial charge in [-0.25, -0.2) is 0 Å². The molecule has 0 spiro atoms. The van der Waals surface area contributed by atoms with Crippen molar-refractivity contribution in [3.05, 3.63) is 24.0 Å². The van der Waals surface area contributed by atoms with Gasteiger partial charge in [-0.15, -0.1) is 0 Å². The smallest absolute Gasteiger partial charge is 0.0572 e. The molecule has 1 unspecified atom stereocenters. The highest BCUT2D eigenvalue weighted by molar-refractivity contribution is 5.45. The van der Waals surface area contributed by atoms with E-state index < -0.39 is 0 Å². The summed E-state index contributed by atoms with van der Waals surface area (Å²) in [6.07, 6.45) is 5.42. The second-order valence-electron chi connectivity index (χ2n) is 6.11. The molecule has 1 atom stereocenters. The number of nitrogens with two attached hydrogens (primary N) is 1. The Bertz CT molecular complexity index is 373.